The Morgan fingerprint density at radius 1 is 1.43 bits per heavy atom. The number of amides is 3. The summed E-state index contributed by atoms with van der Waals surface area (Å²) in [6.07, 6.45) is 2.21. The van der Waals surface area contributed by atoms with E-state index < -0.39 is 0 Å². The molecular weight excluding hydrogens is 272 g/mol. The Balaban J connectivity index is 1.96. The SMILES string of the molecule is CCC(NC(=O)CN1CCN(C)C1=O)c1ncnn1CC. The molecule has 0 radical (unpaired) electrons. The number of hydrogen-bond donors (Lipinski definition) is 1. The van der Waals surface area contributed by atoms with Crippen molar-refractivity contribution in [3.05, 3.63) is 12.2 Å². The van der Waals surface area contributed by atoms with Crippen LogP contribution in [0.2, 0.25) is 0 Å². The molecule has 1 aliphatic rings. The molecule has 0 saturated carbocycles. The molecule has 1 atom stereocenters. The Morgan fingerprint density at radius 2 is 2.19 bits per heavy atom. The second-order valence-corrected chi connectivity index (χ2v) is 5.09. The second-order valence-electron chi connectivity index (χ2n) is 5.09. The van der Waals surface area contributed by atoms with Crippen molar-refractivity contribution < 1.29 is 9.59 Å². The van der Waals surface area contributed by atoms with E-state index in [2.05, 4.69) is 15.4 Å². The van der Waals surface area contributed by atoms with Gasteiger partial charge in [0.2, 0.25) is 5.91 Å². The van der Waals surface area contributed by atoms with Crippen LogP contribution in [0.5, 0.6) is 0 Å². The average Bonchev–Trinajstić information content (AvgIpc) is 3.06. The van der Waals surface area contributed by atoms with Crippen molar-refractivity contribution in [3.8, 4) is 0 Å². The van der Waals surface area contributed by atoms with Gasteiger partial charge in [-0.2, -0.15) is 5.10 Å². The fourth-order valence-electron chi connectivity index (χ4n) is 2.40. The molecule has 8 heteroatoms. The number of aryl methyl sites for hydroxylation is 1. The first-order valence-corrected chi connectivity index (χ1v) is 7.23. The first kappa shape index (κ1) is 15.3. The van der Waals surface area contributed by atoms with Gasteiger partial charge in [0, 0.05) is 26.7 Å². The summed E-state index contributed by atoms with van der Waals surface area (Å²) in [5.41, 5.74) is 0. The van der Waals surface area contributed by atoms with Gasteiger partial charge >= 0.3 is 6.03 Å². The Labute approximate surface area is 124 Å². The van der Waals surface area contributed by atoms with E-state index in [9.17, 15) is 9.59 Å². The molecule has 1 unspecified atom stereocenters. The van der Waals surface area contributed by atoms with Crippen LogP contribution in [0.3, 0.4) is 0 Å². The molecule has 2 rings (SSSR count). The van der Waals surface area contributed by atoms with Gasteiger partial charge in [0.1, 0.15) is 18.7 Å². The van der Waals surface area contributed by atoms with Crippen LogP contribution in [0.1, 0.15) is 32.1 Å². The lowest BCUT2D eigenvalue weighted by Crippen LogP contribution is -2.41. The van der Waals surface area contributed by atoms with Crippen LogP contribution in [0.4, 0.5) is 4.79 Å². The first-order chi connectivity index (χ1) is 10.1. The minimum absolute atomic E-state index is 0.0833. The van der Waals surface area contributed by atoms with Gasteiger partial charge in [-0.15, -0.1) is 0 Å². The number of nitrogens with zero attached hydrogens (tertiary/aromatic N) is 5. The van der Waals surface area contributed by atoms with Crippen molar-refractivity contribution in [2.75, 3.05) is 26.7 Å². The summed E-state index contributed by atoms with van der Waals surface area (Å²) in [5.74, 6) is 0.578. The predicted octanol–water partition coefficient (Wildman–Crippen LogP) is 0.233. The maximum absolute atomic E-state index is 12.1. The summed E-state index contributed by atoms with van der Waals surface area (Å²) < 4.78 is 1.77. The summed E-state index contributed by atoms with van der Waals surface area (Å²) in [6, 6.07) is -0.287. The molecule has 0 aromatic carbocycles. The van der Waals surface area contributed by atoms with E-state index in [4.69, 9.17) is 0 Å². The zero-order valence-electron chi connectivity index (χ0n) is 12.7. The lowest BCUT2D eigenvalue weighted by atomic mass is 10.2. The second kappa shape index (κ2) is 6.55. The smallest absolute Gasteiger partial charge is 0.320 e. The molecule has 8 nitrogen and oxygen atoms in total. The van der Waals surface area contributed by atoms with Crippen LogP contribution < -0.4 is 5.32 Å². The third kappa shape index (κ3) is 3.32. The topological polar surface area (TPSA) is 83.4 Å². The van der Waals surface area contributed by atoms with E-state index in [1.165, 1.54) is 6.33 Å². The highest BCUT2D eigenvalue weighted by molar-refractivity contribution is 5.85. The lowest BCUT2D eigenvalue weighted by Gasteiger charge is -2.20. The largest absolute Gasteiger partial charge is 0.345 e. The third-order valence-electron chi connectivity index (χ3n) is 3.64. The third-order valence-corrected chi connectivity index (χ3v) is 3.64. The van der Waals surface area contributed by atoms with Gasteiger partial charge in [0.25, 0.3) is 0 Å². The summed E-state index contributed by atoms with van der Waals surface area (Å²) >= 11 is 0. The van der Waals surface area contributed by atoms with Crippen molar-refractivity contribution in [1.82, 2.24) is 29.9 Å². The summed E-state index contributed by atoms with van der Waals surface area (Å²) in [7, 11) is 1.73. The molecule has 0 aliphatic carbocycles. The fraction of sp³-hybridized carbons (Fsp3) is 0.692. The van der Waals surface area contributed by atoms with Crippen LogP contribution in [-0.2, 0) is 11.3 Å². The molecule has 0 bridgehead atoms. The van der Waals surface area contributed by atoms with Gasteiger partial charge in [0.15, 0.2) is 0 Å². The number of urea groups is 1. The molecule has 2 heterocycles. The maximum atomic E-state index is 12.1. The van der Waals surface area contributed by atoms with E-state index in [0.717, 1.165) is 12.2 Å². The van der Waals surface area contributed by atoms with E-state index in [1.54, 1.807) is 21.5 Å². The Bertz CT molecular complexity index is 515. The Hall–Kier alpha value is -2.12. The molecule has 1 aromatic heterocycles. The van der Waals surface area contributed by atoms with E-state index >= 15 is 0 Å². The zero-order chi connectivity index (χ0) is 15.4. The highest BCUT2D eigenvalue weighted by atomic mass is 16.2. The van der Waals surface area contributed by atoms with E-state index in [-0.39, 0.29) is 24.5 Å². The number of carbonyl (C=O) groups excluding carboxylic acids is 2. The van der Waals surface area contributed by atoms with Gasteiger partial charge in [-0.3, -0.25) is 4.79 Å². The maximum Gasteiger partial charge on any atom is 0.320 e. The number of hydrogen-bond acceptors (Lipinski definition) is 4. The lowest BCUT2D eigenvalue weighted by molar-refractivity contribution is -0.122. The van der Waals surface area contributed by atoms with Crippen molar-refractivity contribution in [1.29, 1.82) is 0 Å². The standard InChI is InChI=1S/C13H22N6O2/c1-4-10(12-14-9-15-19(12)5-2)16-11(20)8-18-7-6-17(3)13(18)21/h9-10H,4-8H2,1-3H3,(H,16,20). The van der Waals surface area contributed by atoms with Gasteiger partial charge < -0.3 is 15.1 Å². The Morgan fingerprint density at radius 3 is 2.76 bits per heavy atom. The fourth-order valence-corrected chi connectivity index (χ4v) is 2.40. The highest BCUT2D eigenvalue weighted by Gasteiger charge is 2.28. The first-order valence-electron chi connectivity index (χ1n) is 7.23. The summed E-state index contributed by atoms with van der Waals surface area (Å²) in [6.45, 7) is 6.00. The van der Waals surface area contributed by atoms with Crippen molar-refractivity contribution in [2.45, 2.75) is 32.9 Å². The van der Waals surface area contributed by atoms with Crippen LogP contribution in [0, 0.1) is 0 Å². The van der Waals surface area contributed by atoms with Crippen molar-refractivity contribution >= 4 is 11.9 Å². The van der Waals surface area contributed by atoms with Crippen LogP contribution >= 0.6 is 0 Å². The molecule has 3 amide bonds. The number of likely N-dealkylation sites (N-methyl/N-ethyl adjacent to an activating group) is 1. The Kier molecular flexibility index (Phi) is 4.77. The van der Waals surface area contributed by atoms with Crippen LogP contribution in [-0.4, -0.2) is 63.2 Å². The number of carbonyl (C=O) groups is 2. The monoisotopic (exact) mass is 294 g/mol. The van der Waals surface area contributed by atoms with Gasteiger partial charge in [-0.1, -0.05) is 6.92 Å². The molecule has 1 saturated heterocycles. The molecule has 116 valence electrons. The molecule has 1 aromatic rings. The van der Waals surface area contributed by atoms with Gasteiger partial charge in [-0.05, 0) is 13.3 Å². The minimum atomic E-state index is -0.185. The highest BCUT2D eigenvalue weighted by Crippen LogP contribution is 2.14. The van der Waals surface area contributed by atoms with Crippen LogP contribution in [0.25, 0.3) is 0 Å². The van der Waals surface area contributed by atoms with Gasteiger partial charge in [0.05, 0.1) is 6.04 Å². The summed E-state index contributed by atoms with van der Waals surface area (Å²) in [5, 5.41) is 7.05. The number of nitrogens with one attached hydrogen (secondary N) is 1. The van der Waals surface area contributed by atoms with E-state index in [1.807, 2.05) is 13.8 Å². The van der Waals surface area contributed by atoms with Crippen molar-refractivity contribution in [3.63, 3.8) is 0 Å². The average molecular weight is 294 g/mol. The van der Waals surface area contributed by atoms with Gasteiger partial charge in [-0.25, -0.2) is 14.5 Å². The van der Waals surface area contributed by atoms with E-state index in [0.29, 0.717) is 19.6 Å². The molecular formula is C13H22N6O2. The molecule has 1 N–H and O–H groups in total. The molecule has 1 fully saturated rings. The minimum Gasteiger partial charge on any atom is -0.345 e. The molecule has 0 spiro atoms. The quantitative estimate of drug-likeness (QED) is 0.814. The molecule has 21 heavy (non-hydrogen) atoms. The predicted molar refractivity (Wildman–Crippen MR) is 76.5 cm³/mol. The molecule has 1 aliphatic heterocycles. The number of rotatable bonds is 6. The number of aromatic nitrogens is 3. The van der Waals surface area contributed by atoms with Crippen molar-refractivity contribution in [2.24, 2.45) is 0 Å². The normalized spacial score (nSPS) is 16.4. The van der Waals surface area contributed by atoms with Crippen LogP contribution in [0.15, 0.2) is 6.33 Å². The summed E-state index contributed by atoms with van der Waals surface area (Å²) in [4.78, 5) is 31.3. The zero-order valence-corrected chi connectivity index (χ0v) is 12.7.